The normalized spacial score (nSPS) is 22.8. The van der Waals surface area contributed by atoms with E-state index in [1.54, 1.807) is 64.2 Å². The summed E-state index contributed by atoms with van der Waals surface area (Å²) in [4.78, 5) is 18.2. The van der Waals surface area contributed by atoms with Crippen molar-refractivity contribution in [3.05, 3.63) is 159 Å². The highest BCUT2D eigenvalue weighted by Crippen LogP contribution is 2.50. The molecule has 0 amide bonds. The predicted molar refractivity (Wildman–Crippen MR) is 288 cm³/mol. The van der Waals surface area contributed by atoms with Crippen LogP contribution < -0.4 is 21.3 Å². The Morgan fingerprint density at radius 2 is 1.67 bits per heavy atom. The number of allylic oxidation sites excluding steroid dienone is 5. The largest absolute Gasteiger partial charge is 0.875 e. The van der Waals surface area contributed by atoms with Crippen LogP contribution in [0.5, 0.6) is 17.2 Å². The summed E-state index contributed by atoms with van der Waals surface area (Å²) in [6.07, 6.45) is 11.0. The van der Waals surface area contributed by atoms with Crippen LogP contribution in [0.15, 0.2) is 114 Å². The lowest BCUT2D eigenvalue weighted by atomic mass is 9.76. The van der Waals surface area contributed by atoms with E-state index in [-0.39, 0.29) is 79.7 Å². The Bertz CT molecular complexity index is 2800. The lowest BCUT2D eigenvalue weighted by Gasteiger charge is -2.29. The molecule has 386 valence electrons. The molecule has 2 aliphatic carbocycles. The van der Waals surface area contributed by atoms with Crippen molar-refractivity contribution in [2.45, 2.75) is 114 Å². The molecule has 1 fully saturated rings. The molecule has 12 nitrogen and oxygen atoms in total. The third kappa shape index (κ3) is 13.9. The Morgan fingerprint density at radius 3 is 2.45 bits per heavy atom. The van der Waals surface area contributed by atoms with E-state index < -0.39 is 29.7 Å². The number of hydrogen-bond donors (Lipinski definition) is 8. The number of aliphatic imine (C=N–C) groups is 1. The number of phenols is 2. The summed E-state index contributed by atoms with van der Waals surface area (Å²) in [5, 5.41) is 78.9. The van der Waals surface area contributed by atoms with Gasteiger partial charge in [-0.25, -0.2) is 0 Å². The maximum Gasteiger partial charge on any atom is 0.161 e. The number of carbonyl (C=O) groups is 1. The molecule has 2 heterocycles. The highest BCUT2D eigenvalue weighted by molar-refractivity contribution is 8.76. The molecule has 0 unspecified atom stereocenters. The molecule has 0 radical (unpaired) electrons. The van der Waals surface area contributed by atoms with Crippen molar-refractivity contribution in [1.29, 1.82) is 0 Å². The second-order valence-corrected chi connectivity index (χ2v) is 22.6. The molecule has 6 atom stereocenters. The number of fused-ring (bicyclic) bond motifs is 9. The van der Waals surface area contributed by atoms with Crippen molar-refractivity contribution in [3.63, 3.8) is 0 Å². The Balaban J connectivity index is 1.11. The second kappa shape index (κ2) is 25.3. The van der Waals surface area contributed by atoms with Crippen LogP contribution in [0.1, 0.15) is 120 Å². The zero-order valence-electron chi connectivity index (χ0n) is 41.3. The molecule has 0 spiro atoms. The number of nitrogens with zero attached hydrogens (tertiary/aromatic N) is 1. The molecule has 2 aliphatic heterocycles. The zero-order chi connectivity index (χ0) is 51.5. The first kappa shape index (κ1) is 53.9. The summed E-state index contributed by atoms with van der Waals surface area (Å²) in [5.74, 6) is 7.17. The van der Waals surface area contributed by atoms with Gasteiger partial charge in [0.05, 0.1) is 43.7 Å². The van der Waals surface area contributed by atoms with Crippen LogP contribution in [0.3, 0.4) is 0 Å². The van der Waals surface area contributed by atoms with E-state index in [4.69, 9.17) is 16.2 Å². The zero-order valence-corrected chi connectivity index (χ0v) is 42.9. The van der Waals surface area contributed by atoms with E-state index in [2.05, 4.69) is 22.9 Å². The number of hydrogen-bond acceptors (Lipinski definition) is 14. The number of aliphatic hydroxyl groups is 4. The highest BCUT2D eigenvalue weighted by atomic mass is 33.1. The van der Waals surface area contributed by atoms with E-state index in [0.717, 1.165) is 46.2 Å². The molecule has 10 N–H and O–H groups in total. The molecular weight excluding hydrogens is 959 g/mol. The maximum absolute atomic E-state index is 14.2. The number of ether oxygens (including phenoxy) is 1. The van der Waals surface area contributed by atoms with Gasteiger partial charge in [0.2, 0.25) is 0 Å². The van der Waals surface area contributed by atoms with Crippen LogP contribution in [0.2, 0.25) is 0 Å². The molecule has 14 heteroatoms. The number of phenolic OH excluding ortho intramolecular Hbond substituents is 2. The van der Waals surface area contributed by atoms with Crippen molar-refractivity contribution >= 4 is 33.1 Å². The van der Waals surface area contributed by atoms with Gasteiger partial charge in [0.25, 0.3) is 0 Å². The quantitative estimate of drug-likeness (QED) is 0.0390. The van der Waals surface area contributed by atoms with Crippen LogP contribution in [0, 0.1) is 29.1 Å². The first-order chi connectivity index (χ1) is 35.3. The molecule has 1 saturated carbocycles. The van der Waals surface area contributed by atoms with Gasteiger partial charge >= 0.3 is 0 Å². The summed E-state index contributed by atoms with van der Waals surface area (Å²) in [6.45, 7) is -0.0976. The monoisotopic (exact) mass is 1030 g/mol. The maximum atomic E-state index is 14.2. The summed E-state index contributed by atoms with van der Waals surface area (Å²) >= 11 is 0. The summed E-state index contributed by atoms with van der Waals surface area (Å²) in [7, 11) is 3.28. The number of rotatable bonds is 12. The van der Waals surface area contributed by atoms with E-state index in [0.29, 0.717) is 90.8 Å². The van der Waals surface area contributed by atoms with Gasteiger partial charge in [-0.1, -0.05) is 88.0 Å². The van der Waals surface area contributed by atoms with Crippen LogP contribution >= 0.6 is 21.6 Å². The highest BCUT2D eigenvalue weighted by Gasteiger charge is 2.43. The number of aryl methyl sites for hydroxylation is 2. The Hall–Kier alpha value is -5.34. The molecule has 4 aromatic rings. The summed E-state index contributed by atoms with van der Waals surface area (Å²) < 4.78 is 6.16. The van der Waals surface area contributed by atoms with Gasteiger partial charge in [-0.15, -0.1) is 5.76 Å². The fraction of sp³-hybridized carbons (Fsp3) is 0.424. The van der Waals surface area contributed by atoms with Crippen LogP contribution in [-0.2, 0) is 36.2 Å². The minimum Gasteiger partial charge on any atom is -0.875 e. The van der Waals surface area contributed by atoms with E-state index in [9.17, 15) is 40.5 Å². The van der Waals surface area contributed by atoms with Gasteiger partial charge in [0.1, 0.15) is 5.75 Å². The lowest BCUT2D eigenvalue weighted by Crippen LogP contribution is -2.23. The third-order valence-corrected chi connectivity index (χ3v) is 17.4. The van der Waals surface area contributed by atoms with Gasteiger partial charge in [0, 0.05) is 54.2 Å². The van der Waals surface area contributed by atoms with E-state index >= 15 is 0 Å². The first-order valence-corrected chi connectivity index (χ1v) is 28.0. The SMILES string of the molecule is NC(N)c1cc2c3cc1CSSC[C@@H]1C[C@](CC[C@H](CCc4ccccc4CCO)C[C@H](O)CO)(/C=C\C(=O)CCc4ccc(O)c(c4)OCCc4ccc(O)c(c4)[C@@H]3CC([O-])=C3C=CN=C3CC#C2)C[C@H]1O. The number of carbonyl (C=O) groups excluding carboxylic acids is 1. The molecule has 8 bridgehead atoms. The predicted octanol–water partition coefficient (Wildman–Crippen LogP) is 7.51. The lowest BCUT2D eigenvalue weighted by molar-refractivity contribution is -0.307. The van der Waals surface area contributed by atoms with Crippen molar-refractivity contribution in [3.8, 4) is 29.1 Å². The van der Waals surface area contributed by atoms with E-state index in [1.807, 2.05) is 48.5 Å². The topological polar surface area (TPSA) is 235 Å². The number of nitrogens with two attached hydrogens (primary N) is 2. The van der Waals surface area contributed by atoms with Gasteiger partial charge < -0.3 is 51.9 Å². The fourth-order valence-corrected chi connectivity index (χ4v) is 13.5. The van der Waals surface area contributed by atoms with Crippen molar-refractivity contribution in [1.82, 2.24) is 0 Å². The molecule has 8 rings (SSSR count). The second-order valence-electron chi connectivity index (χ2n) is 20.1. The minimum absolute atomic E-state index is 0.0293. The van der Waals surface area contributed by atoms with Crippen LogP contribution in [0.4, 0.5) is 0 Å². The van der Waals surface area contributed by atoms with Gasteiger partial charge in [-0.3, -0.25) is 9.79 Å². The Kier molecular flexibility index (Phi) is 18.7. The van der Waals surface area contributed by atoms with Gasteiger partial charge in [-0.2, -0.15) is 0 Å². The Morgan fingerprint density at radius 1 is 0.890 bits per heavy atom. The average Bonchev–Trinajstić information content (AvgIpc) is 3.99. The number of aromatic hydroxyl groups is 2. The number of benzene rings is 4. The van der Waals surface area contributed by atoms with Crippen molar-refractivity contribution in [2.24, 2.45) is 33.7 Å². The summed E-state index contributed by atoms with van der Waals surface area (Å²) in [6, 6.07) is 22.5. The van der Waals surface area contributed by atoms with Gasteiger partial charge in [0.15, 0.2) is 17.3 Å². The molecule has 0 saturated heterocycles. The van der Waals surface area contributed by atoms with Crippen LogP contribution in [0.25, 0.3) is 0 Å². The number of ketones is 1. The van der Waals surface area contributed by atoms with Gasteiger partial charge in [-0.05, 0) is 162 Å². The smallest absolute Gasteiger partial charge is 0.161 e. The standard InChI is InChI=1S/C59H69N3O9S2/c60-58(61)49-29-42-6-3-7-52-47(18-23-62-52)55(69)31-50-48(42)30-43(49)35-72-73-36-44-32-59(33-56(44)70,21-16-38(26-46(66)34-64)8-12-40-4-1-2-5-41(40)19-24-63)22-17-45(65)13-9-37-11-15-54(68)57(28-37)71-25-20-39-10-14-53(67)51(50)27-39/h1-2,4-5,10-11,14-15,17-18,22-23,27-30,38,44,46,50,56,58,63-64,66-70H,7-9,12-13,16,19-21,24-26,31-36,60-61H2/p-1/b22-17-,55-47?/t38-,44-,46-,50+,56+,59-/m0/s1. The average molecular weight is 1030 g/mol. The first-order valence-electron chi connectivity index (χ1n) is 25.5. The third-order valence-electron chi connectivity index (χ3n) is 15.0. The molecule has 73 heavy (non-hydrogen) atoms. The van der Waals surface area contributed by atoms with Crippen molar-refractivity contribution < 1.29 is 45.3 Å². The molecule has 4 aromatic carbocycles. The molecular formula is C59H68N3O9S2-. The minimum atomic E-state index is -0.877. The Labute approximate surface area is 436 Å². The summed E-state index contributed by atoms with van der Waals surface area (Å²) in [5.41, 5.74) is 21.0. The number of aliphatic hydroxyl groups excluding tert-OH is 4. The fourth-order valence-electron chi connectivity index (χ4n) is 11.0. The van der Waals surface area contributed by atoms with E-state index in [1.165, 1.54) is 0 Å². The van der Waals surface area contributed by atoms with Crippen molar-refractivity contribution in [2.75, 3.05) is 25.6 Å². The molecule has 4 aliphatic rings. The molecule has 0 aromatic heterocycles. The van der Waals surface area contributed by atoms with Crippen LogP contribution in [-0.4, -0.2) is 79.9 Å².